The summed E-state index contributed by atoms with van der Waals surface area (Å²) in [6.45, 7) is 0. The first-order valence-corrected chi connectivity index (χ1v) is 7.94. The molecule has 0 atom stereocenters. The van der Waals surface area contributed by atoms with E-state index in [0.29, 0.717) is 16.5 Å². The zero-order valence-corrected chi connectivity index (χ0v) is 13.3. The molecule has 3 rings (SSSR count). The molecule has 0 spiro atoms. The summed E-state index contributed by atoms with van der Waals surface area (Å²) in [5.74, 6) is -0.484. The number of hydrogen-bond donors (Lipinski definition) is 3. The molecule has 120 valence electrons. The highest BCUT2D eigenvalue weighted by Crippen LogP contribution is 2.24. The standard InChI is InChI=1S/C17H14N4O2S/c18-15-10-24-17(20-15)21-19-9-11-5-7-12(8-6-11)13-3-1-2-4-14(13)16(22)23/h1-10H,18H2,(H,20,21)(H,22,23). The normalized spacial score (nSPS) is 10.8. The fraction of sp³-hybridized carbons (Fsp3) is 0. The summed E-state index contributed by atoms with van der Waals surface area (Å²) in [6, 6.07) is 14.4. The average Bonchev–Trinajstić information content (AvgIpc) is 3.01. The van der Waals surface area contributed by atoms with Crippen LogP contribution >= 0.6 is 11.3 Å². The lowest BCUT2D eigenvalue weighted by molar-refractivity contribution is 0.0697. The molecular formula is C17H14N4O2S. The Morgan fingerprint density at radius 3 is 2.62 bits per heavy atom. The fourth-order valence-electron chi connectivity index (χ4n) is 2.17. The van der Waals surface area contributed by atoms with Gasteiger partial charge in [0.2, 0.25) is 5.13 Å². The summed E-state index contributed by atoms with van der Waals surface area (Å²) >= 11 is 1.37. The van der Waals surface area contributed by atoms with Crippen LogP contribution in [0.5, 0.6) is 0 Å². The predicted molar refractivity (Wildman–Crippen MR) is 96.6 cm³/mol. The van der Waals surface area contributed by atoms with Crippen molar-refractivity contribution in [3.05, 3.63) is 65.0 Å². The second kappa shape index (κ2) is 6.93. The minimum Gasteiger partial charge on any atom is -0.478 e. The van der Waals surface area contributed by atoms with Gasteiger partial charge < -0.3 is 10.8 Å². The van der Waals surface area contributed by atoms with Crippen LogP contribution in [0.1, 0.15) is 15.9 Å². The first kappa shape index (κ1) is 15.7. The van der Waals surface area contributed by atoms with Crippen molar-refractivity contribution in [1.29, 1.82) is 0 Å². The molecule has 1 aromatic heterocycles. The Labute approximate surface area is 142 Å². The first-order chi connectivity index (χ1) is 11.6. The van der Waals surface area contributed by atoms with Crippen molar-refractivity contribution in [3.8, 4) is 11.1 Å². The van der Waals surface area contributed by atoms with Crippen molar-refractivity contribution in [3.63, 3.8) is 0 Å². The van der Waals surface area contributed by atoms with Gasteiger partial charge in [-0.2, -0.15) is 5.10 Å². The lowest BCUT2D eigenvalue weighted by atomic mass is 9.99. The van der Waals surface area contributed by atoms with Crippen LogP contribution in [0.3, 0.4) is 0 Å². The Kier molecular flexibility index (Phi) is 4.53. The number of thiazole rings is 1. The minimum atomic E-state index is -0.942. The molecule has 24 heavy (non-hydrogen) atoms. The maximum absolute atomic E-state index is 11.3. The largest absolute Gasteiger partial charge is 0.478 e. The molecule has 2 aromatic carbocycles. The van der Waals surface area contributed by atoms with Gasteiger partial charge in [0.25, 0.3) is 0 Å². The van der Waals surface area contributed by atoms with Crippen LogP contribution in [0.2, 0.25) is 0 Å². The number of benzene rings is 2. The van der Waals surface area contributed by atoms with Crippen LogP contribution in [-0.4, -0.2) is 22.3 Å². The highest BCUT2D eigenvalue weighted by molar-refractivity contribution is 7.14. The summed E-state index contributed by atoms with van der Waals surface area (Å²) in [5, 5.41) is 15.7. The summed E-state index contributed by atoms with van der Waals surface area (Å²) < 4.78 is 0. The lowest BCUT2D eigenvalue weighted by Gasteiger charge is -2.06. The minimum absolute atomic E-state index is 0.280. The van der Waals surface area contributed by atoms with Gasteiger partial charge in [-0.3, -0.25) is 5.43 Å². The number of rotatable bonds is 5. The highest BCUT2D eigenvalue weighted by atomic mass is 32.1. The highest BCUT2D eigenvalue weighted by Gasteiger charge is 2.10. The molecule has 0 aliphatic heterocycles. The Balaban J connectivity index is 1.75. The number of nitrogens with zero attached hydrogens (tertiary/aromatic N) is 2. The van der Waals surface area contributed by atoms with E-state index in [2.05, 4.69) is 15.5 Å². The van der Waals surface area contributed by atoms with E-state index in [1.807, 2.05) is 30.3 Å². The smallest absolute Gasteiger partial charge is 0.336 e. The third kappa shape index (κ3) is 3.58. The van der Waals surface area contributed by atoms with E-state index in [1.165, 1.54) is 11.3 Å². The molecule has 0 unspecified atom stereocenters. The van der Waals surface area contributed by atoms with E-state index in [-0.39, 0.29) is 5.56 Å². The number of aromatic carboxylic acids is 1. The molecule has 0 fully saturated rings. The number of nitrogens with one attached hydrogen (secondary N) is 1. The molecule has 3 aromatic rings. The topological polar surface area (TPSA) is 101 Å². The van der Waals surface area contributed by atoms with Gasteiger partial charge >= 0.3 is 5.97 Å². The Morgan fingerprint density at radius 1 is 1.21 bits per heavy atom. The van der Waals surface area contributed by atoms with Crippen LogP contribution in [-0.2, 0) is 0 Å². The molecular weight excluding hydrogens is 324 g/mol. The van der Waals surface area contributed by atoms with Crippen molar-refractivity contribution < 1.29 is 9.90 Å². The van der Waals surface area contributed by atoms with Crippen molar-refractivity contribution in [2.75, 3.05) is 11.2 Å². The van der Waals surface area contributed by atoms with Gasteiger partial charge in [0, 0.05) is 5.38 Å². The molecule has 4 N–H and O–H groups in total. The van der Waals surface area contributed by atoms with E-state index < -0.39 is 5.97 Å². The first-order valence-electron chi connectivity index (χ1n) is 7.06. The number of carboxylic acid groups (broad SMARTS) is 1. The summed E-state index contributed by atoms with van der Waals surface area (Å²) in [6.07, 6.45) is 1.66. The van der Waals surface area contributed by atoms with Crippen LogP contribution in [0.4, 0.5) is 10.9 Å². The Bertz CT molecular complexity index is 888. The van der Waals surface area contributed by atoms with E-state index in [1.54, 1.807) is 29.8 Å². The number of carboxylic acids is 1. The second-order valence-electron chi connectivity index (χ2n) is 4.92. The lowest BCUT2D eigenvalue weighted by Crippen LogP contribution is -1.99. The quantitative estimate of drug-likeness (QED) is 0.488. The van der Waals surface area contributed by atoms with Gasteiger partial charge in [-0.15, -0.1) is 11.3 Å². The van der Waals surface area contributed by atoms with E-state index in [9.17, 15) is 9.90 Å². The van der Waals surface area contributed by atoms with Crippen molar-refractivity contribution in [2.45, 2.75) is 0 Å². The number of anilines is 2. The van der Waals surface area contributed by atoms with Crippen LogP contribution in [0.25, 0.3) is 11.1 Å². The van der Waals surface area contributed by atoms with Crippen molar-refractivity contribution >= 4 is 34.5 Å². The third-order valence-corrected chi connectivity index (χ3v) is 4.04. The molecule has 0 amide bonds. The van der Waals surface area contributed by atoms with Gasteiger partial charge in [0.15, 0.2) is 0 Å². The molecule has 0 bridgehead atoms. The summed E-state index contributed by atoms with van der Waals surface area (Å²) in [4.78, 5) is 15.3. The monoisotopic (exact) mass is 338 g/mol. The number of hydrogen-bond acceptors (Lipinski definition) is 6. The fourth-order valence-corrected chi connectivity index (χ4v) is 2.72. The molecule has 0 aliphatic carbocycles. The van der Waals surface area contributed by atoms with Gasteiger partial charge in [-0.25, -0.2) is 9.78 Å². The van der Waals surface area contributed by atoms with Crippen molar-refractivity contribution in [1.82, 2.24) is 4.98 Å². The second-order valence-corrected chi connectivity index (χ2v) is 5.78. The maximum Gasteiger partial charge on any atom is 0.336 e. The molecule has 0 radical (unpaired) electrons. The van der Waals surface area contributed by atoms with Gasteiger partial charge in [-0.1, -0.05) is 42.5 Å². The van der Waals surface area contributed by atoms with E-state index >= 15 is 0 Å². The number of nitrogen functional groups attached to an aromatic ring is 1. The third-order valence-electron chi connectivity index (χ3n) is 3.27. The number of aromatic nitrogens is 1. The molecule has 6 nitrogen and oxygen atoms in total. The Hall–Kier alpha value is -3.19. The zero-order chi connectivity index (χ0) is 16.9. The van der Waals surface area contributed by atoms with E-state index in [0.717, 1.165) is 11.1 Å². The SMILES string of the molecule is Nc1csc(NN=Cc2ccc(-c3ccccc3C(=O)O)cc2)n1. The average molecular weight is 338 g/mol. The maximum atomic E-state index is 11.3. The summed E-state index contributed by atoms with van der Waals surface area (Å²) in [7, 11) is 0. The van der Waals surface area contributed by atoms with Gasteiger partial charge in [0.05, 0.1) is 11.8 Å². The van der Waals surface area contributed by atoms with E-state index in [4.69, 9.17) is 5.73 Å². The van der Waals surface area contributed by atoms with Gasteiger partial charge in [0.1, 0.15) is 5.82 Å². The zero-order valence-electron chi connectivity index (χ0n) is 12.5. The number of nitrogens with two attached hydrogens (primary N) is 1. The van der Waals surface area contributed by atoms with Gasteiger partial charge in [-0.05, 0) is 22.8 Å². The number of carbonyl (C=O) groups is 1. The van der Waals surface area contributed by atoms with Crippen molar-refractivity contribution in [2.24, 2.45) is 5.10 Å². The Morgan fingerprint density at radius 2 is 1.96 bits per heavy atom. The molecule has 7 heteroatoms. The van der Waals surface area contributed by atoms with Crippen LogP contribution in [0, 0.1) is 0 Å². The van der Waals surface area contributed by atoms with Crippen LogP contribution in [0.15, 0.2) is 59.0 Å². The van der Waals surface area contributed by atoms with Crippen LogP contribution < -0.4 is 11.2 Å². The molecule has 0 aliphatic rings. The molecule has 0 saturated carbocycles. The predicted octanol–water partition coefficient (Wildman–Crippen LogP) is 3.54. The number of hydrazone groups is 1. The summed E-state index contributed by atoms with van der Waals surface area (Å²) in [5.41, 5.74) is 11.0. The molecule has 0 saturated heterocycles. The molecule has 1 heterocycles.